The van der Waals surface area contributed by atoms with Gasteiger partial charge < -0.3 is 19.3 Å². The van der Waals surface area contributed by atoms with E-state index in [-0.39, 0.29) is 0 Å². The Morgan fingerprint density at radius 2 is 2.38 bits per heavy atom. The third-order valence-electron chi connectivity index (χ3n) is 1.88. The Bertz CT molecular complexity index is 242. The van der Waals surface area contributed by atoms with Gasteiger partial charge in [0.1, 0.15) is 0 Å². The highest BCUT2D eigenvalue weighted by Crippen LogP contribution is 2.27. The first kappa shape index (κ1) is 10.2. The zero-order valence-corrected chi connectivity index (χ0v) is 7.56. The second-order valence-corrected chi connectivity index (χ2v) is 2.58. The normalized spacial score (nSPS) is 34.5. The topological polar surface area (TPSA) is 47.9 Å². The van der Waals surface area contributed by atoms with Gasteiger partial charge in [0.05, 0.1) is 0 Å². The van der Waals surface area contributed by atoms with E-state index < -0.39 is 18.2 Å². The van der Waals surface area contributed by atoms with E-state index in [0.29, 0.717) is 0 Å². The second-order valence-electron chi connectivity index (χ2n) is 2.58. The van der Waals surface area contributed by atoms with Crippen LogP contribution >= 0.6 is 0 Å². The standard InChI is InChI=1S/C9H12O4/c1-4-7(10)9(12-3)6-5-8(11-2)13-9/h1,5-8,10H,2-3H3/t7?,8-,9+/m1/s1. The maximum atomic E-state index is 9.43. The van der Waals surface area contributed by atoms with Crippen LogP contribution in [-0.2, 0) is 14.2 Å². The third kappa shape index (κ3) is 1.74. The fourth-order valence-corrected chi connectivity index (χ4v) is 1.10. The van der Waals surface area contributed by atoms with Gasteiger partial charge in [-0.3, -0.25) is 0 Å². The molecule has 1 aliphatic heterocycles. The van der Waals surface area contributed by atoms with Crippen LogP contribution in [0.1, 0.15) is 0 Å². The molecule has 0 spiro atoms. The van der Waals surface area contributed by atoms with Crippen molar-refractivity contribution in [3.05, 3.63) is 12.2 Å². The van der Waals surface area contributed by atoms with Crippen molar-refractivity contribution in [3.8, 4) is 12.3 Å². The van der Waals surface area contributed by atoms with Crippen molar-refractivity contribution >= 4 is 0 Å². The molecule has 1 aliphatic rings. The van der Waals surface area contributed by atoms with Gasteiger partial charge in [-0.15, -0.1) is 6.42 Å². The van der Waals surface area contributed by atoms with E-state index in [1.165, 1.54) is 14.2 Å². The molecule has 0 bridgehead atoms. The maximum Gasteiger partial charge on any atom is 0.228 e. The van der Waals surface area contributed by atoms with E-state index in [4.69, 9.17) is 20.6 Å². The number of aliphatic hydroxyl groups excluding tert-OH is 1. The molecule has 0 aromatic carbocycles. The minimum absolute atomic E-state index is 0.525. The van der Waals surface area contributed by atoms with Gasteiger partial charge in [-0.25, -0.2) is 0 Å². The molecule has 4 heteroatoms. The lowest BCUT2D eigenvalue weighted by atomic mass is 10.1. The summed E-state index contributed by atoms with van der Waals surface area (Å²) in [7, 11) is 2.89. The predicted octanol–water partition coefficient (Wildman–Crippen LogP) is -0.118. The average molecular weight is 184 g/mol. The quantitative estimate of drug-likeness (QED) is 0.491. The molecule has 1 rings (SSSR count). The Hall–Kier alpha value is -0.860. The second kappa shape index (κ2) is 3.90. The van der Waals surface area contributed by atoms with Gasteiger partial charge in [0.15, 0.2) is 12.4 Å². The first-order valence-electron chi connectivity index (χ1n) is 3.78. The van der Waals surface area contributed by atoms with Crippen LogP contribution in [0.4, 0.5) is 0 Å². The van der Waals surface area contributed by atoms with Gasteiger partial charge in [0.25, 0.3) is 0 Å². The summed E-state index contributed by atoms with van der Waals surface area (Å²) in [5, 5.41) is 9.43. The van der Waals surface area contributed by atoms with Crippen LogP contribution in [0.25, 0.3) is 0 Å². The van der Waals surface area contributed by atoms with E-state index in [0.717, 1.165) is 0 Å². The zero-order chi connectivity index (χ0) is 9.90. The van der Waals surface area contributed by atoms with E-state index in [1.807, 2.05) is 0 Å². The molecule has 13 heavy (non-hydrogen) atoms. The molecule has 72 valence electrons. The van der Waals surface area contributed by atoms with E-state index in [1.54, 1.807) is 12.2 Å². The maximum absolute atomic E-state index is 9.43. The lowest BCUT2D eigenvalue weighted by Gasteiger charge is -2.28. The molecule has 1 unspecified atom stereocenters. The lowest BCUT2D eigenvalue weighted by Crippen LogP contribution is -2.43. The van der Waals surface area contributed by atoms with Crippen molar-refractivity contribution in [1.29, 1.82) is 0 Å². The van der Waals surface area contributed by atoms with Gasteiger partial charge in [0, 0.05) is 14.2 Å². The summed E-state index contributed by atoms with van der Waals surface area (Å²) in [6, 6.07) is 0. The van der Waals surface area contributed by atoms with Gasteiger partial charge in [-0.2, -0.15) is 0 Å². The Kier molecular flexibility index (Phi) is 3.07. The highest BCUT2D eigenvalue weighted by molar-refractivity contribution is 5.15. The van der Waals surface area contributed by atoms with Gasteiger partial charge >= 0.3 is 0 Å². The van der Waals surface area contributed by atoms with Crippen molar-refractivity contribution in [3.63, 3.8) is 0 Å². The first-order chi connectivity index (χ1) is 6.18. The van der Waals surface area contributed by atoms with Crippen molar-refractivity contribution in [2.45, 2.75) is 18.2 Å². The molecular weight excluding hydrogens is 172 g/mol. The van der Waals surface area contributed by atoms with Gasteiger partial charge in [-0.1, -0.05) is 5.92 Å². The number of rotatable bonds is 3. The molecule has 0 fully saturated rings. The molecule has 0 amide bonds. The fourth-order valence-electron chi connectivity index (χ4n) is 1.10. The minimum Gasteiger partial charge on any atom is -0.375 e. The van der Waals surface area contributed by atoms with Crippen LogP contribution < -0.4 is 0 Å². The summed E-state index contributed by atoms with van der Waals surface area (Å²) in [5.41, 5.74) is 0. The molecular formula is C9H12O4. The Labute approximate surface area is 77.1 Å². The van der Waals surface area contributed by atoms with E-state index >= 15 is 0 Å². The predicted molar refractivity (Wildman–Crippen MR) is 45.6 cm³/mol. The molecule has 0 aliphatic carbocycles. The van der Waals surface area contributed by atoms with Gasteiger partial charge in [0.2, 0.25) is 5.79 Å². The monoisotopic (exact) mass is 184 g/mol. The van der Waals surface area contributed by atoms with Crippen molar-refractivity contribution in [1.82, 2.24) is 0 Å². The lowest BCUT2D eigenvalue weighted by molar-refractivity contribution is -0.268. The van der Waals surface area contributed by atoms with Crippen LogP contribution in [0.2, 0.25) is 0 Å². The highest BCUT2D eigenvalue weighted by Gasteiger charge is 2.42. The molecule has 0 saturated heterocycles. The van der Waals surface area contributed by atoms with Gasteiger partial charge in [-0.05, 0) is 12.2 Å². The summed E-state index contributed by atoms with van der Waals surface area (Å²) in [5.74, 6) is 0.874. The Morgan fingerprint density at radius 3 is 2.77 bits per heavy atom. The number of methoxy groups -OCH3 is 2. The molecule has 0 aromatic rings. The number of ether oxygens (including phenoxy) is 3. The van der Waals surface area contributed by atoms with Crippen molar-refractivity contribution < 1.29 is 19.3 Å². The highest BCUT2D eigenvalue weighted by atomic mass is 16.8. The minimum atomic E-state index is -1.27. The number of aliphatic hydroxyl groups is 1. The number of terminal acetylenes is 1. The molecule has 4 nitrogen and oxygen atoms in total. The molecule has 3 atom stereocenters. The Morgan fingerprint density at radius 1 is 1.69 bits per heavy atom. The zero-order valence-electron chi connectivity index (χ0n) is 7.56. The summed E-state index contributed by atoms with van der Waals surface area (Å²) >= 11 is 0. The SMILES string of the molecule is C#CC(O)[C@]1(OC)C=C[C@H](OC)O1. The largest absolute Gasteiger partial charge is 0.375 e. The molecule has 0 saturated carbocycles. The summed E-state index contributed by atoms with van der Waals surface area (Å²) in [6.07, 6.45) is 6.57. The van der Waals surface area contributed by atoms with Crippen LogP contribution in [0.3, 0.4) is 0 Å². The fraction of sp³-hybridized carbons (Fsp3) is 0.556. The van der Waals surface area contributed by atoms with Crippen molar-refractivity contribution in [2.24, 2.45) is 0 Å². The summed E-state index contributed by atoms with van der Waals surface area (Å²) < 4.78 is 15.1. The molecule has 0 aromatic heterocycles. The van der Waals surface area contributed by atoms with E-state index in [2.05, 4.69) is 5.92 Å². The summed E-state index contributed by atoms with van der Waals surface area (Å²) in [4.78, 5) is 0. The van der Waals surface area contributed by atoms with Crippen LogP contribution in [-0.4, -0.2) is 37.5 Å². The molecule has 1 N–H and O–H groups in total. The average Bonchev–Trinajstić information content (AvgIpc) is 2.61. The molecule has 0 radical (unpaired) electrons. The molecule has 1 heterocycles. The van der Waals surface area contributed by atoms with Crippen LogP contribution in [0.5, 0.6) is 0 Å². The third-order valence-corrected chi connectivity index (χ3v) is 1.88. The number of hydrogen-bond acceptors (Lipinski definition) is 4. The van der Waals surface area contributed by atoms with E-state index in [9.17, 15) is 5.11 Å². The number of hydrogen-bond donors (Lipinski definition) is 1. The Balaban J connectivity index is 2.76. The smallest absolute Gasteiger partial charge is 0.228 e. The van der Waals surface area contributed by atoms with Crippen molar-refractivity contribution in [2.75, 3.05) is 14.2 Å². The van der Waals surface area contributed by atoms with Crippen LogP contribution in [0, 0.1) is 12.3 Å². The first-order valence-corrected chi connectivity index (χ1v) is 3.78. The summed E-state index contributed by atoms with van der Waals surface area (Å²) in [6.45, 7) is 0. The van der Waals surface area contributed by atoms with Crippen LogP contribution in [0.15, 0.2) is 12.2 Å².